The summed E-state index contributed by atoms with van der Waals surface area (Å²) in [7, 11) is 1.83. The Morgan fingerprint density at radius 1 is 1.23 bits per heavy atom. The summed E-state index contributed by atoms with van der Waals surface area (Å²) in [6.45, 7) is 3.40. The lowest BCUT2D eigenvalue weighted by molar-refractivity contribution is 0.00709. The fourth-order valence-corrected chi connectivity index (χ4v) is 3.47. The normalized spacial score (nSPS) is 17.1. The molecule has 3 rings (SSSR count). The summed E-state index contributed by atoms with van der Waals surface area (Å²) in [5.74, 6) is -0.245. The fraction of sp³-hybridized carbons (Fsp3) is 0.409. The molecule has 1 heterocycles. The SMILES string of the molecule is Cc1cc(F)ccc1-c1cccc(C(=O)N(C)CC[C@H]2CCCCO2)c1. The van der Waals surface area contributed by atoms with Crippen molar-refractivity contribution in [1.82, 2.24) is 4.90 Å². The maximum absolute atomic E-state index is 13.3. The minimum absolute atomic E-state index is 0.00224. The van der Waals surface area contributed by atoms with E-state index in [-0.39, 0.29) is 17.8 Å². The van der Waals surface area contributed by atoms with Crippen molar-refractivity contribution in [3.63, 3.8) is 0 Å². The first kappa shape index (κ1) is 18.6. The van der Waals surface area contributed by atoms with Crippen LogP contribution in [-0.2, 0) is 4.74 Å². The van der Waals surface area contributed by atoms with Gasteiger partial charge in [0.15, 0.2) is 0 Å². The van der Waals surface area contributed by atoms with Crippen molar-refractivity contribution in [2.24, 2.45) is 0 Å². The third-order valence-electron chi connectivity index (χ3n) is 5.02. The van der Waals surface area contributed by atoms with Gasteiger partial charge in [-0.1, -0.05) is 18.2 Å². The molecular formula is C22H26FNO2. The van der Waals surface area contributed by atoms with E-state index in [1.165, 1.54) is 18.6 Å². The molecule has 1 fully saturated rings. The largest absolute Gasteiger partial charge is 0.378 e. The molecule has 1 amide bonds. The van der Waals surface area contributed by atoms with Crippen LogP contribution in [0.15, 0.2) is 42.5 Å². The van der Waals surface area contributed by atoms with Crippen molar-refractivity contribution >= 4 is 5.91 Å². The number of aryl methyl sites for hydroxylation is 1. The van der Waals surface area contributed by atoms with Gasteiger partial charge in [0.05, 0.1) is 6.10 Å². The second-order valence-corrected chi connectivity index (χ2v) is 7.04. The van der Waals surface area contributed by atoms with E-state index in [1.807, 2.05) is 38.2 Å². The van der Waals surface area contributed by atoms with Gasteiger partial charge in [0.1, 0.15) is 5.82 Å². The minimum atomic E-state index is -0.247. The third-order valence-corrected chi connectivity index (χ3v) is 5.02. The predicted octanol–water partition coefficient (Wildman–Crippen LogP) is 4.83. The molecule has 0 radical (unpaired) electrons. The molecule has 2 aromatic carbocycles. The van der Waals surface area contributed by atoms with Gasteiger partial charge in [0.2, 0.25) is 0 Å². The van der Waals surface area contributed by atoms with Crippen LogP contribution in [0.2, 0.25) is 0 Å². The minimum Gasteiger partial charge on any atom is -0.378 e. The second-order valence-electron chi connectivity index (χ2n) is 7.04. The Morgan fingerprint density at radius 2 is 2.08 bits per heavy atom. The van der Waals surface area contributed by atoms with Crippen LogP contribution >= 0.6 is 0 Å². The molecule has 3 nitrogen and oxygen atoms in total. The van der Waals surface area contributed by atoms with Crippen LogP contribution in [0.3, 0.4) is 0 Å². The monoisotopic (exact) mass is 355 g/mol. The van der Waals surface area contributed by atoms with E-state index in [0.29, 0.717) is 12.1 Å². The van der Waals surface area contributed by atoms with Crippen molar-refractivity contribution in [3.8, 4) is 11.1 Å². The summed E-state index contributed by atoms with van der Waals surface area (Å²) < 4.78 is 19.1. The number of halogens is 1. The van der Waals surface area contributed by atoms with Gasteiger partial charge in [-0.25, -0.2) is 4.39 Å². The van der Waals surface area contributed by atoms with Gasteiger partial charge >= 0.3 is 0 Å². The molecule has 1 saturated heterocycles. The van der Waals surface area contributed by atoms with E-state index >= 15 is 0 Å². The van der Waals surface area contributed by atoms with Crippen LogP contribution in [0.25, 0.3) is 11.1 Å². The quantitative estimate of drug-likeness (QED) is 0.769. The van der Waals surface area contributed by atoms with Gasteiger partial charge in [0.25, 0.3) is 5.91 Å². The lowest BCUT2D eigenvalue weighted by Crippen LogP contribution is -2.31. The Bertz CT molecular complexity index is 768. The van der Waals surface area contributed by atoms with Crippen LogP contribution in [0.5, 0.6) is 0 Å². The molecule has 4 heteroatoms. The van der Waals surface area contributed by atoms with E-state index < -0.39 is 0 Å². The molecule has 0 saturated carbocycles. The number of hydrogen-bond acceptors (Lipinski definition) is 2. The van der Waals surface area contributed by atoms with Gasteiger partial charge in [0, 0.05) is 25.8 Å². The van der Waals surface area contributed by atoms with Crippen LogP contribution in [0.1, 0.15) is 41.6 Å². The van der Waals surface area contributed by atoms with Crippen LogP contribution < -0.4 is 0 Å². The van der Waals surface area contributed by atoms with E-state index in [9.17, 15) is 9.18 Å². The molecule has 1 aliphatic rings. The number of hydrogen-bond donors (Lipinski definition) is 0. The molecule has 0 N–H and O–H groups in total. The smallest absolute Gasteiger partial charge is 0.253 e. The zero-order valence-corrected chi connectivity index (χ0v) is 15.5. The molecule has 138 valence electrons. The topological polar surface area (TPSA) is 29.5 Å². The first-order valence-corrected chi connectivity index (χ1v) is 9.28. The van der Waals surface area contributed by atoms with Crippen molar-refractivity contribution in [1.29, 1.82) is 0 Å². The van der Waals surface area contributed by atoms with Crippen molar-refractivity contribution in [2.45, 2.75) is 38.7 Å². The molecule has 1 atom stereocenters. The lowest BCUT2D eigenvalue weighted by atomic mass is 9.98. The number of benzene rings is 2. The molecule has 1 aliphatic heterocycles. The first-order valence-electron chi connectivity index (χ1n) is 9.28. The highest BCUT2D eigenvalue weighted by Crippen LogP contribution is 2.25. The lowest BCUT2D eigenvalue weighted by Gasteiger charge is -2.25. The van der Waals surface area contributed by atoms with E-state index in [0.717, 1.165) is 42.6 Å². The zero-order valence-electron chi connectivity index (χ0n) is 15.5. The summed E-state index contributed by atoms with van der Waals surface area (Å²) >= 11 is 0. The van der Waals surface area contributed by atoms with Gasteiger partial charge in [-0.3, -0.25) is 4.79 Å². The van der Waals surface area contributed by atoms with Crippen molar-refractivity contribution in [3.05, 3.63) is 59.4 Å². The number of rotatable bonds is 5. The maximum atomic E-state index is 13.3. The number of carbonyl (C=O) groups excluding carboxylic acids is 1. The molecule has 0 unspecified atom stereocenters. The van der Waals surface area contributed by atoms with Gasteiger partial charge in [-0.2, -0.15) is 0 Å². The third kappa shape index (κ3) is 4.50. The summed E-state index contributed by atoms with van der Waals surface area (Å²) in [4.78, 5) is 14.5. The van der Waals surface area contributed by atoms with E-state index in [2.05, 4.69) is 0 Å². The average molecular weight is 355 g/mol. The first-order chi connectivity index (χ1) is 12.5. The van der Waals surface area contributed by atoms with Crippen molar-refractivity contribution in [2.75, 3.05) is 20.2 Å². The van der Waals surface area contributed by atoms with Crippen molar-refractivity contribution < 1.29 is 13.9 Å². The zero-order chi connectivity index (χ0) is 18.5. The number of amides is 1. The van der Waals surface area contributed by atoms with E-state index in [1.54, 1.807) is 11.0 Å². The van der Waals surface area contributed by atoms with Crippen LogP contribution in [0, 0.1) is 12.7 Å². The van der Waals surface area contributed by atoms with Gasteiger partial charge < -0.3 is 9.64 Å². The molecule has 0 bridgehead atoms. The predicted molar refractivity (Wildman–Crippen MR) is 102 cm³/mol. The molecule has 0 spiro atoms. The average Bonchev–Trinajstić information content (AvgIpc) is 2.66. The Balaban J connectivity index is 1.69. The highest BCUT2D eigenvalue weighted by atomic mass is 19.1. The maximum Gasteiger partial charge on any atom is 0.253 e. The summed E-state index contributed by atoms with van der Waals surface area (Å²) in [5.41, 5.74) is 3.38. The Labute approximate surface area is 154 Å². The summed E-state index contributed by atoms with van der Waals surface area (Å²) in [5, 5.41) is 0. The second kappa shape index (κ2) is 8.45. The Hall–Kier alpha value is -2.20. The van der Waals surface area contributed by atoms with Crippen LogP contribution in [-0.4, -0.2) is 37.1 Å². The molecule has 0 aliphatic carbocycles. The van der Waals surface area contributed by atoms with E-state index in [4.69, 9.17) is 4.74 Å². The molecular weight excluding hydrogens is 329 g/mol. The summed E-state index contributed by atoms with van der Waals surface area (Å²) in [6, 6.07) is 12.3. The number of nitrogens with zero attached hydrogens (tertiary/aromatic N) is 1. The molecule has 26 heavy (non-hydrogen) atoms. The Morgan fingerprint density at radius 3 is 2.81 bits per heavy atom. The fourth-order valence-electron chi connectivity index (χ4n) is 3.47. The highest BCUT2D eigenvalue weighted by Gasteiger charge is 2.17. The number of carbonyl (C=O) groups is 1. The molecule has 2 aromatic rings. The van der Waals surface area contributed by atoms with Gasteiger partial charge in [-0.05, 0) is 73.6 Å². The molecule has 0 aromatic heterocycles. The highest BCUT2D eigenvalue weighted by molar-refractivity contribution is 5.95. The number of ether oxygens (including phenoxy) is 1. The summed E-state index contributed by atoms with van der Waals surface area (Å²) in [6.07, 6.45) is 4.58. The van der Waals surface area contributed by atoms with Gasteiger partial charge in [-0.15, -0.1) is 0 Å². The standard InChI is InChI=1S/C22H26FNO2/c1-16-14-19(23)9-10-21(16)17-6-5-7-18(15-17)22(25)24(2)12-11-20-8-3-4-13-26-20/h5-7,9-10,14-15,20H,3-4,8,11-13H2,1-2H3/t20-/m1/s1. The Kier molecular flexibility index (Phi) is 6.04. The van der Waals surface area contributed by atoms with Crippen LogP contribution in [0.4, 0.5) is 4.39 Å².